The van der Waals surface area contributed by atoms with Gasteiger partial charge in [-0.25, -0.2) is 4.57 Å². The zero-order valence-electron chi connectivity index (χ0n) is 38.6. The first-order valence-electron chi connectivity index (χ1n) is 22.7. The highest BCUT2D eigenvalue weighted by Crippen LogP contribution is 2.57. The molecule has 11 aromatic carbocycles. The molecule has 0 fully saturated rings. The second kappa shape index (κ2) is 11.8. The highest BCUT2D eigenvalue weighted by molar-refractivity contribution is 6.56. The Bertz CT molecular complexity index is 3810. The van der Waals surface area contributed by atoms with Crippen LogP contribution in [0.4, 0.5) is 0 Å². The highest BCUT2D eigenvalue weighted by Gasteiger charge is 2.32. The van der Waals surface area contributed by atoms with Crippen LogP contribution in [0.3, 0.4) is 0 Å². The summed E-state index contributed by atoms with van der Waals surface area (Å²) >= 11 is 0. The van der Waals surface area contributed by atoms with E-state index in [2.05, 4.69) is 144 Å². The fourth-order valence-corrected chi connectivity index (χ4v) is 11.3. The van der Waals surface area contributed by atoms with E-state index in [4.69, 9.17) is 0 Å². The van der Waals surface area contributed by atoms with E-state index in [0.717, 1.165) is 21.5 Å². The molecule has 0 amide bonds. The molecule has 3 nitrogen and oxygen atoms in total. The van der Waals surface area contributed by atoms with Crippen molar-refractivity contribution in [1.82, 2.24) is 4.57 Å². The molecule has 0 spiro atoms. The molecule has 0 aliphatic rings. The summed E-state index contributed by atoms with van der Waals surface area (Å²) in [5, 5.41) is 23.0. The van der Waals surface area contributed by atoms with Crippen LogP contribution < -0.4 is 11.1 Å². The van der Waals surface area contributed by atoms with Gasteiger partial charge in [-0.05, 0) is 184 Å². The van der Waals surface area contributed by atoms with E-state index in [1.807, 2.05) is 42.5 Å². The van der Waals surface area contributed by atoms with Crippen molar-refractivity contribution in [3.05, 3.63) is 146 Å². The van der Waals surface area contributed by atoms with Gasteiger partial charge in [0.15, 0.2) is 0 Å². The summed E-state index contributed by atoms with van der Waals surface area (Å²) in [5.41, 5.74) is 4.95. The second-order valence-corrected chi connectivity index (χ2v) is 22.9. The molecule has 0 radical (unpaired) electrons. The van der Waals surface area contributed by atoms with E-state index in [0.29, 0.717) is 16.5 Å². The number of pyridine rings is 1. The number of para-hydroxylation sites is 1. The minimum atomic E-state index is -0.280. The number of fused-ring (bicyclic) bond motifs is 12. The monoisotopic (exact) mass is 819 g/mol. The second-order valence-electron chi connectivity index (χ2n) is 22.9. The minimum absolute atomic E-state index is 0.0790. The molecule has 0 saturated carbocycles. The predicted octanol–water partition coefficient (Wildman–Crippen LogP) is 15.7. The third-order valence-electron chi connectivity index (χ3n) is 14.7. The fraction of sp³-hybridized carbons (Fsp3) is 0.267. The van der Waals surface area contributed by atoms with Crippen LogP contribution in [-0.2, 0) is 21.7 Å². The summed E-state index contributed by atoms with van der Waals surface area (Å²) in [6, 6.07) is 37.5. The van der Waals surface area contributed by atoms with Crippen LogP contribution in [0.1, 0.15) is 105 Å². The van der Waals surface area contributed by atoms with E-state index in [1.165, 1.54) is 102 Å². The maximum atomic E-state index is 14.6. The molecule has 1 aromatic heterocycles. The smallest absolute Gasteiger partial charge is 0.265 e. The lowest BCUT2D eigenvalue weighted by atomic mass is 9.82. The van der Waals surface area contributed by atoms with E-state index in [-0.39, 0.29) is 32.8 Å². The van der Waals surface area contributed by atoms with E-state index >= 15 is 0 Å². The Labute approximate surface area is 367 Å². The highest BCUT2D eigenvalue weighted by atomic mass is 16.2. The number of hydrogen-bond acceptors (Lipinski definition) is 2. The Morgan fingerprint density at radius 2 is 0.587 bits per heavy atom. The van der Waals surface area contributed by atoms with Crippen molar-refractivity contribution >= 4 is 108 Å². The molecule has 12 aromatic rings. The molecule has 0 bridgehead atoms. The van der Waals surface area contributed by atoms with E-state index in [1.54, 1.807) is 0 Å². The van der Waals surface area contributed by atoms with Gasteiger partial charge in [0.2, 0.25) is 0 Å². The van der Waals surface area contributed by atoms with Gasteiger partial charge in [0.05, 0.1) is 5.69 Å². The van der Waals surface area contributed by atoms with Crippen molar-refractivity contribution in [2.75, 3.05) is 0 Å². The SMILES string of the molecule is CC(C)(C)c1cc2cc(C(C)(C)C)cc3c2c(c1)c1c2c4cc(C(C)(C)C)cc5cc(C(C)(C)C)cc(c54)c2c2c4ccc5c(=O)n(-c6ccccc6)c(=O)c6ccc(c4c65)c2c31. The van der Waals surface area contributed by atoms with Crippen molar-refractivity contribution < 1.29 is 0 Å². The molecule has 0 unspecified atom stereocenters. The Balaban J connectivity index is 1.45. The Morgan fingerprint density at radius 3 is 0.905 bits per heavy atom. The van der Waals surface area contributed by atoms with Crippen molar-refractivity contribution in [2.24, 2.45) is 0 Å². The first-order chi connectivity index (χ1) is 29.6. The van der Waals surface area contributed by atoms with Crippen LogP contribution in [0, 0.1) is 0 Å². The molecule has 1 heterocycles. The molecule has 0 atom stereocenters. The Hall–Kier alpha value is -6.32. The first-order valence-corrected chi connectivity index (χ1v) is 22.7. The van der Waals surface area contributed by atoms with Gasteiger partial charge in [0, 0.05) is 16.2 Å². The number of aromatic nitrogens is 1. The maximum absolute atomic E-state index is 14.6. The average Bonchev–Trinajstić information content (AvgIpc) is 3.84. The molecule has 63 heavy (non-hydrogen) atoms. The van der Waals surface area contributed by atoms with E-state index < -0.39 is 0 Å². The quantitative estimate of drug-likeness (QED) is 0.165. The summed E-state index contributed by atoms with van der Waals surface area (Å²) in [4.78, 5) is 29.3. The predicted molar refractivity (Wildman–Crippen MR) is 273 cm³/mol. The molecule has 0 saturated heterocycles. The van der Waals surface area contributed by atoms with Crippen LogP contribution >= 0.6 is 0 Å². The van der Waals surface area contributed by atoms with Crippen molar-refractivity contribution in [3.63, 3.8) is 0 Å². The van der Waals surface area contributed by atoms with Gasteiger partial charge in [0.1, 0.15) is 0 Å². The normalized spacial score (nSPS) is 13.8. The zero-order chi connectivity index (χ0) is 44.2. The minimum Gasteiger partial charge on any atom is -0.268 e. The summed E-state index contributed by atoms with van der Waals surface area (Å²) in [7, 11) is 0. The topological polar surface area (TPSA) is 39.1 Å². The van der Waals surface area contributed by atoms with Gasteiger partial charge in [-0.1, -0.05) is 138 Å². The lowest BCUT2D eigenvalue weighted by Crippen LogP contribution is -2.31. The molecule has 0 N–H and O–H groups in total. The molecule has 0 aliphatic heterocycles. The largest absolute Gasteiger partial charge is 0.268 e. The maximum Gasteiger partial charge on any atom is 0.265 e. The van der Waals surface area contributed by atoms with Crippen LogP contribution in [0.5, 0.6) is 0 Å². The number of nitrogens with zero attached hydrogens (tertiary/aromatic N) is 1. The molecule has 3 heteroatoms. The summed E-state index contributed by atoms with van der Waals surface area (Å²) in [5.74, 6) is 0. The molecule has 310 valence electrons. The summed E-state index contributed by atoms with van der Waals surface area (Å²) in [6.45, 7) is 27.9. The average molecular weight is 820 g/mol. The third kappa shape index (κ3) is 4.97. The molecule has 0 aliphatic carbocycles. The zero-order valence-corrected chi connectivity index (χ0v) is 38.6. The summed E-state index contributed by atoms with van der Waals surface area (Å²) in [6.07, 6.45) is 0. The molecular weight excluding hydrogens is 767 g/mol. The van der Waals surface area contributed by atoms with Crippen molar-refractivity contribution in [1.29, 1.82) is 0 Å². The third-order valence-corrected chi connectivity index (χ3v) is 14.7. The number of hydrogen-bond donors (Lipinski definition) is 0. The van der Waals surface area contributed by atoms with Crippen LogP contribution in [0.15, 0.2) is 113 Å². The van der Waals surface area contributed by atoms with Crippen LogP contribution in [0.2, 0.25) is 0 Å². The van der Waals surface area contributed by atoms with E-state index in [9.17, 15) is 9.59 Å². The number of rotatable bonds is 1. The summed E-state index contributed by atoms with van der Waals surface area (Å²) < 4.78 is 1.35. The number of benzene rings is 8. The standard InChI is InChI=1S/C60H53NO2/c1-57(2,3)32-22-30-24-34(59(7,8)9)28-43-45(30)41(26-32)51-49-37-18-20-39-48-40(56(63)61(55(39)62)36-16-14-13-15-17-36)21-19-38(47(37)48)50(49)52-42-27-33(58(4,5)6)23-31-25-35(60(10,11)12)29-44(46(31)42)54(52)53(43)51/h13-29H,1-12H3. The van der Waals surface area contributed by atoms with Crippen LogP contribution in [-0.4, -0.2) is 4.57 Å². The lowest BCUT2D eigenvalue weighted by Gasteiger charge is -2.23. The van der Waals surface area contributed by atoms with Gasteiger partial charge in [-0.3, -0.25) is 9.59 Å². The van der Waals surface area contributed by atoms with Gasteiger partial charge >= 0.3 is 0 Å². The first kappa shape index (κ1) is 38.4. The van der Waals surface area contributed by atoms with Crippen LogP contribution in [0.25, 0.3) is 113 Å². The Morgan fingerprint density at radius 1 is 0.302 bits per heavy atom. The lowest BCUT2D eigenvalue weighted by molar-refractivity contribution is 0.589. The van der Waals surface area contributed by atoms with Crippen molar-refractivity contribution in [2.45, 2.75) is 105 Å². The van der Waals surface area contributed by atoms with Crippen molar-refractivity contribution in [3.8, 4) is 5.69 Å². The van der Waals surface area contributed by atoms with Gasteiger partial charge in [-0.2, -0.15) is 0 Å². The fourth-order valence-electron chi connectivity index (χ4n) is 11.3. The van der Waals surface area contributed by atoms with Gasteiger partial charge in [0.25, 0.3) is 11.1 Å². The molecule has 12 rings (SSSR count). The molecular formula is C60H53NO2. The Kier molecular flexibility index (Phi) is 7.20. The van der Waals surface area contributed by atoms with Gasteiger partial charge in [-0.15, -0.1) is 0 Å². The van der Waals surface area contributed by atoms with Gasteiger partial charge < -0.3 is 0 Å².